The van der Waals surface area contributed by atoms with Crippen LogP contribution in [-0.4, -0.2) is 39.1 Å². The van der Waals surface area contributed by atoms with Crippen LogP contribution in [0.3, 0.4) is 0 Å². The van der Waals surface area contributed by atoms with Crippen molar-refractivity contribution in [3.63, 3.8) is 0 Å². The number of hydrogen-bond donors (Lipinski definition) is 3. The third-order valence-electron chi connectivity index (χ3n) is 2.25. The first kappa shape index (κ1) is 13.9. The molecule has 0 saturated carbocycles. The Balaban J connectivity index is 3.10. The van der Waals surface area contributed by atoms with Gasteiger partial charge < -0.3 is 21.6 Å². The normalized spacial score (nSPS) is 11.6. The number of anilines is 2. The Kier molecular flexibility index (Phi) is 5.09. The quantitative estimate of drug-likeness (QED) is 0.285. The average molecular weight is 253 g/mol. The minimum absolute atomic E-state index is 0.0545. The minimum Gasteiger partial charge on any atom is -0.409 e. The van der Waals surface area contributed by atoms with Gasteiger partial charge in [-0.05, 0) is 12.8 Å². The lowest BCUT2D eigenvalue weighted by Gasteiger charge is -2.21. The number of aromatic nitrogens is 3. The molecule has 0 amide bonds. The number of nitrogens with zero attached hydrogens (tertiary/aromatic N) is 5. The number of amidine groups is 1. The first-order valence-electron chi connectivity index (χ1n) is 5.86. The molecule has 0 atom stereocenters. The highest BCUT2D eigenvalue weighted by atomic mass is 16.4. The lowest BCUT2D eigenvalue weighted by molar-refractivity contribution is 0.318. The highest BCUT2D eigenvalue weighted by Gasteiger charge is 2.13. The lowest BCUT2D eigenvalue weighted by Crippen LogP contribution is -2.29. The Morgan fingerprint density at radius 1 is 1.22 bits per heavy atom. The van der Waals surface area contributed by atoms with Crippen molar-refractivity contribution in [1.82, 2.24) is 15.0 Å². The summed E-state index contributed by atoms with van der Waals surface area (Å²) in [5.74, 6) is 0.405. The lowest BCUT2D eigenvalue weighted by atomic mass is 10.4. The maximum atomic E-state index is 8.62. The third kappa shape index (κ3) is 3.44. The highest BCUT2D eigenvalue weighted by molar-refractivity contribution is 5.93. The molecule has 5 N–H and O–H groups in total. The van der Waals surface area contributed by atoms with Crippen molar-refractivity contribution in [3.05, 3.63) is 5.82 Å². The van der Waals surface area contributed by atoms with Crippen molar-refractivity contribution in [3.8, 4) is 0 Å². The maximum absolute atomic E-state index is 8.62. The molecule has 1 rings (SSSR count). The van der Waals surface area contributed by atoms with E-state index in [2.05, 4.69) is 34.0 Å². The second-order valence-electron chi connectivity index (χ2n) is 3.79. The van der Waals surface area contributed by atoms with Gasteiger partial charge in [-0.1, -0.05) is 19.0 Å². The van der Waals surface area contributed by atoms with Gasteiger partial charge in [0.15, 0.2) is 0 Å². The molecular formula is C10H19N7O. The van der Waals surface area contributed by atoms with Gasteiger partial charge in [0, 0.05) is 13.1 Å². The smallest absolute Gasteiger partial charge is 0.230 e. The van der Waals surface area contributed by atoms with Gasteiger partial charge >= 0.3 is 0 Å². The zero-order valence-electron chi connectivity index (χ0n) is 10.7. The van der Waals surface area contributed by atoms with Gasteiger partial charge in [0.1, 0.15) is 0 Å². The van der Waals surface area contributed by atoms with Crippen LogP contribution in [0.2, 0.25) is 0 Å². The Bertz CT molecular complexity index is 415. The Morgan fingerprint density at radius 3 is 2.33 bits per heavy atom. The second-order valence-corrected chi connectivity index (χ2v) is 3.79. The van der Waals surface area contributed by atoms with Crippen LogP contribution in [0.1, 0.15) is 32.5 Å². The van der Waals surface area contributed by atoms with Gasteiger partial charge in [-0.15, -0.1) is 0 Å². The van der Waals surface area contributed by atoms with Crippen LogP contribution in [0.5, 0.6) is 0 Å². The molecule has 8 nitrogen and oxygen atoms in total. The molecule has 0 spiro atoms. The molecule has 1 aromatic heterocycles. The van der Waals surface area contributed by atoms with Gasteiger partial charge in [0.25, 0.3) is 0 Å². The Morgan fingerprint density at radius 2 is 1.83 bits per heavy atom. The monoisotopic (exact) mass is 253 g/mol. The summed E-state index contributed by atoms with van der Waals surface area (Å²) in [5, 5.41) is 11.5. The second kappa shape index (κ2) is 6.58. The van der Waals surface area contributed by atoms with Crippen molar-refractivity contribution in [1.29, 1.82) is 0 Å². The van der Waals surface area contributed by atoms with Crippen LogP contribution in [-0.2, 0) is 0 Å². The fraction of sp³-hybridized carbons (Fsp3) is 0.600. The van der Waals surface area contributed by atoms with E-state index in [0.717, 1.165) is 25.9 Å². The molecule has 0 aliphatic rings. The summed E-state index contributed by atoms with van der Waals surface area (Å²) >= 11 is 0. The van der Waals surface area contributed by atoms with E-state index in [4.69, 9.17) is 16.7 Å². The summed E-state index contributed by atoms with van der Waals surface area (Å²) in [6.07, 6.45) is 1.93. The molecule has 0 unspecified atom stereocenters. The van der Waals surface area contributed by atoms with Gasteiger partial charge in [-0.25, -0.2) is 0 Å². The summed E-state index contributed by atoms with van der Waals surface area (Å²) in [5.41, 5.74) is 11.1. The predicted molar refractivity (Wildman–Crippen MR) is 69.5 cm³/mol. The molecule has 100 valence electrons. The van der Waals surface area contributed by atoms with E-state index >= 15 is 0 Å². The molecule has 8 heteroatoms. The number of rotatable bonds is 6. The molecule has 0 aliphatic carbocycles. The zero-order chi connectivity index (χ0) is 13.5. The Labute approximate surface area is 106 Å². The number of oxime groups is 1. The maximum Gasteiger partial charge on any atom is 0.230 e. The minimum atomic E-state index is -0.182. The van der Waals surface area contributed by atoms with Crippen LogP contribution in [0, 0.1) is 0 Å². The highest BCUT2D eigenvalue weighted by Crippen LogP contribution is 2.10. The average Bonchev–Trinajstić information content (AvgIpc) is 2.36. The van der Waals surface area contributed by atoms with Crippen molar-refractivity contribution in [2.75, 3.05) is 23.7 Å². The molecule has 1 aromatic rings. The van der Waals surface area contributed by atoms with E-state index in [1.807, 2.05) is 4.90 Å². The number of nitrogens with two attached hydrogens (primary N) is 2. The predicted octanol–water partition coefficient (Wildman–Crippen LogP) is 0.175. The van der Waals surface area contributed by atoms with E-state index < -0.39 is 0 Å². The molecule has 0 aromatic carbocycles. The van der Waals surface area contributed by atoms with Crippen molar-refractivity contribution in [2.24, 2.45) is 10.9 Å². The van der Waals surface area contributed by atoms with Crippen LogP contribution in [0.15, 0.2) is 5.16 Å². The van der Waals surface area contributed by atoms with E-state index in [9.17, 15) is 0 Å². The molecule has 1 heterocycles. The van der Waals surface area contributed by atoms with Gasteiger partial charge in [-0.2, -0.15) is 15.0 Å². The fourth-order valence-corrected chi connectivity index (χ4v) is 1.53. The fourth-order valence-electron chi connectivity index (χ4n) is 1.53. The van der Waals surface area contributed by atoms with Gasteiger partial charge in [-0.3, -0.25) is 0 Å². The molecule has 0 bridgehead atoms. The summed E-state index contributed by atoms with van der Waals surface area (Å²) in [4.78, 5) is 14.0. The molecule has 0 saturated heterocycles. The van der Waals surface area contributed by atoms with Crippen LogP contribution in [0.25, 0.3) is 0 Å². The van der Waals surface area contributed by atoms with Gasteiger partial charge in [0.2, 0.25) is 23.6 Å². The summed E-state index contributed by atoms with van der Waals surface area (Å²) in [6, 6.07) is 0. The SMILES string of the molecule is CCCN(CCC)c1nc(N)nc(/C(N)=N\O)n1. The number of hydrogen-bond acceptors (Lipinski definition) is 7. The third-order valence-corrected chi connectivity index (χ3v) is 2.25. The molecule has 0 radical (unpaired) electrons. The first-order chi connectivity index (χ1) is 8.62. The van der Waals surface area contributed by atoms with Crippen LogP contribution in [0.4, 0.5) is 11.9 Å². The summed E-state index contributed by atoms with van der Waals surface area (Å²) in [6.45, 7) is 5.76. The van der Waals surface area contributed by atoms with E-state index in [-0.39, 0.29) is 17.6 Å². The van der Waals surface area contributed by atoms with E-state index in [0.29, 0.717) is 5.95 Å². The standard InChI is InChI=1S/C10H19N7O/c1-3-5-17(6-4-2)10-14-8(7(11)16-18)13-9(12)15-10/h18H,3-6H2,1-2H3,(H2,11,16)(H2,12,13,14,15). The van der Waals surface area contributed by atoms with Crippen molar-refractivity contribution < 1.29 is 5.21 Å². The van der Waals surface area contributed by atoms with Crippen molar-refractivity contribution >= 4 is 17.7 Å². The van der Waals surface area contributed by atoms with Crippen molar-refractivity contribution in [2.45, 2.75) is 26.7 Å². The molecular weight excluding hydrogens is 234 g/mol. The zero-order valence-corrected chi connectivity index (χ0v) is 10.7. The summed E-state index contributed by atoms with van der Waals surface area (Å²) < 4.78 is 0. The molecule has 0 fully saturated rings. The first-order valence-corrected chi connectivity index (χ1v) is 5.86. The van der Waals surface area contributed by atoms with E-state index in [1.54, 1.807) is 0 Å². The van der Waals surface area contributed by atoms with E-state index in [1.165, 1.54) is 0 Å². The van der Waals surface area contributed by atoms with Crippen LogP contribution < -0.4 is 16.4 Å². The largest absolute Gasteiger partial charge is 0.409 e. The number of nitrogen functional groups attached to an aromatic ring is 1. The topological polar surface area (TPSA) is 127 Å². The molecule has 18 heavy (non-hydrogen) atoms. The van der Waals surface area contributed by atoms with Gasteiger partial charge in [0.05, 0.1) is 0 Å². The molecule has 0 aliphatic heterocycles. The summed E-state index contributed by atoms with van der Waals surface area (Å²) in [7, 11) is 0. The Hall–Kier alpha value is -2.12. The van der Waals surface area contributed by atoms with Crippen LogP contribution >= 0.6 is 0 Å².